The van der Waals surface area contributed by atoms with Crippen molar-refractivity contribution < 1.29 is 4.74 Å². The second-order valence-electron chi connectivity index (χ2n) is 9.68. The van der Waals surface area contributed by atoms with Gasteiger partial charge in [0.05, 0.1) is 16.8 Å². The summed E-state index contributed by atoms with van der Waals surface area (Å²) in [5.41, 5.74) is 1.39. The number of nitrogens with zero attached hydrogens (tertiary/aromatic N) is 3. The average molecular weight is 481 g/mol. The predicted octanol–water partition coefficient (Wildman–Crippen LogP) is 3.18. The molecule has 2 aromatic heterocycles. The lowest BCUT2D eigenvalue weighted by Crippen LogP contribution is -2.42. The van der Waals surface area contributed by atoms with Gasteiger partial charge in [0.25, 0.3) is 5.56 Å². The highest BCUT2D eigenvalue weighted by Crippen LogP contribution is 2.34. The van der Waals surface area contributed by atoms with Crippen LogP contribution in [-0.4, -0.2) is 71.3 Å². The zero-order valence-electron chi connectivity index (χ0n) is 19.4. The predicted molar refractivity (Wildman–Crippen MR) is 136 cm³/mol. The van der Waals surface area contributed by atoms with Gasteiger partial charge in [-0.1, -0.05) is 12.1 Å². The maximum absolute atomic E-state index is 13.5. The van der Waals surface area contributed by atoms with Gasteiger partial charge in [0.2, 0.25) is 0 Å². The molecule has 5 heterocycles. The number of rotatable bonds is 5. The van der Waals surface area contributed by atoms with Crippen LogP contribution in [0.5, 0.6) is 0 Å². The Bertz CT molecular complexity index is 1160. The molecule has 34 heavy (non-hydrogen) atoms. The van der Waals surface area contributed by atoms with E-state index in [1.807, 2.05) is 24.3 Å². The molecule has 8 nitrogen and oxygen atoms in total. The Morgan fingerprint density at radius 2 is 2.00 bits per heavy atom. The lowest BCUT2D eigenvalue weighted by atomic mass is 9.94. The first-order valence-electron chi connectivity index (χ1n) is 12.5. The Hall–Kier alpha value is -2.33. The molecule has 0 saturated carbocycles. The summed E-state index contributed by atoms with van der Waals surface area (Å²) >= 11 is 1.55. The summed E-state index contributed by atoms with van der Waals surface area (Å²) < 4.78 is 6.66. The first-order valence-corrected chi connectivity index (χ1v) is 13.4. The van der Waals surface area contributed by atoms with E-state index < -0.39 is 0 Å². The van der Waals surface area contributed by atoms with E-state index in [1.54, 1.807) is 11.3 Å². The molecule has 3 saturated heterocycles. The maximum Gasteiger partial charge on any atom is 0.263 e. The van der Waals surface area contributed by atoms with Crippen LogP contribution < -0.4 is 16.2 Å². The van der Waals surface area contributed by atoms with Crippen LogP contribution in [0.2, 0.25) is 0 Å². The number of hydrogen-bond acceptors (Lipinski definition) is 8. The lowest BCUT2D eigenvalue weighted by Gasteiger charge is -2.35. The fourth-order valence-electron chi connectivity index (χ4n) is 5.48. The minimum Gasteiger partial charge on any atom is -0.380 e. The largest absolute Gasteiger partial charge is 0.380 e. The molecule has 0 spiro atoms. The zero-order valence-corrected chi connectivity index (χ0v) is 20.2. The van der Waals surface area contributed by atoms with E-state index in [9.17, 15) is 4.79 Å². The number of anilines is 1. The molecule has 3 aliphatic rings. The van der Waals surface area contributed by atoms with Crippen LogP contribution in [-0.2, 0) is 4.74 Å². The molecule has 0 bridgehead atoms. The summed E-state index contributed by atoms with van der Waals surface area (Å²) in [6.07, 6.45) is 5.32. The van der Waals surface area contributed by atoms with E-state index in [4.69, 9.17) is 14.7 Å². The van der Waals surface area contributed by atoms with Crippen molar-refractivity contribution in [2.75, 3.05) is 44.7 Å². The lowest BCUT2D eigenvalue weighted by molar-refractivity contribution is 0.121. The van der Waals surface area contributed by atoms with Gasteiger partial charge in [-0.25, -0.2) is 9.97 Å². The number of nitrogens with one attached hydrogen (secondary N) is 3. The Balaban J connectivity index is 1.31. The highest BCUT2D eigenvalue weighted by molar-refractivity contribution is 7.21. The maximum atomic E-state index is 13.5. The molecular formula is C25H32N6O2S. The van der Waals surface area contributed by atoms with E-state index >= 15 is 0 Å². The van der Waals surface area contributed by atoms with E-state index in [0.29, 0.717) is 17.4 Å². The monoisotopic (exact) mass is 480 g/mol. The Kier molecular flexibility index (Phi) is 6.34. The van der Waals surface area contributed by atoms with Gasteiger partial charge < -0.3 is 20.4 Å². The first-order chi connectivity index (χ1) is 16.7. The Morgan fingerprint density at radius 1 is 1.12 bits per heavy atom. The molecule has 3 aliphatic heterocycles. The molecule has 1 aromatic carbocycles. The van der Waals surface area contributed by atoms with Crippen LogP contribution in [0.15, 0.2) is 29.1 Å². The summed E-state index contributed by atoms with van der Waals surface area (Å²) in [4.78, 5) is 29.0. The molecule has 3 aromatic rings. The van der Waals surface area contributed by atoms with Gasteiger partial charge in [0.15, 0.2) is 0 Å². The fourth-order valence-corrected chi connectivity index (χ4v) is 6.49. The van der Waals surface area contributed by atoms with E-state index in [0.717, 1.165) is 92.5 Å². The zero-order chi connectivity index (χ0) is 22.9. The second kappa shape index (κ2) is 9.73. The molecule has 0 amide bonds. The van der Waals surface area contributed by atoms with Crippen LogP contribution in [0.4, 0.5) is 5.82 Å². The van der Waals surface area contributed by atoms with Crippen molar-refractivity contribution in [1.82, 2.24) is 25.2 Å². The highest BCUT2D eigenvalue weighted by atomic mass is 32.1. The number of piperidine rings is 2. The van der Waals surface area contributed by atoms with Gasteiger partial charge in [-0.15, -0.1) is 11.3 Å². The number of thiazole rings is 1. The van der Waals surface area contributed by atoms with E-state index in [-0.39, 0.29) is 17.5 Å². The topological polar surface area (TPSA) is 95.2 Å². The van der Waals surface area contributed by atoms with Crippen molar-refractivity contribution >= 4 is 27.4 Å². The van der Waals surface area contributed by atoms with Gasteiger partial charge >= 0.3 is 0 Å². The fraction of sp³-hybridized carbons (Fsp3) is 0.560. The van der Waals surface area contributed by atoms with Crippen molar-refractivity contribution in [2.45, 2.75) is 50.1 Å². The molecule has 2 atom stereocenters. The number of para-hydroxylation sites is 1. The Labute approximate surface area is 203 Å². The normalized spacial score (nSPS) is 24.6. The summed E-state index contributed by atoms with van der Waals surface area (Å²) in [5, 5.41) is 7.79. The number of benzene rings is 1. The first kappa shape index (κ1) is 22.2. The third-order valence-corrected chi connectivity index (χ3v) is 8.48. The smallest absolute Gasteiger partial charge is 0.263 e. The van der Waals surface area contributed by atoms with Gasteiger partial charge in [0, 0.05) is 31.2 Å². The standard InChI is InChI=1S/C25H32N6O2S/c32-24-21(25-28-19-5-1-2-6-20(19)34-25)23(27-17-4-3-10-26-14-17)29-22(30-24)16-7-11-31(12-8-16)18-9-13-33-15-18/h1-2,5-6,16-18,26H,3-4,7-15H2,(H2,27,29,30,32)/t17-,18?/m1/s1. The number of hydrogen-bond donors (Lipinski definition) is 3. The van der Waals surface area contributed by atoms with Crippen molar-refractivity contribution in [3.8, 4) is 10.6 Å². The van der Waals surface area contributed by atoms with Crippen LogP contribution in [0, 0.1) is 0 Å². The number of aromatic amines is 1. The van der Waals surface area contributed by atoms with Gasteiger partial charge in [-0.3, -0.25) is 9.69 Å². The third kappa shape index (κ3) is 4.49. The van der Waals surface area contributed by atoms with E-state index in [2.05, 4.69) is 20.5 Å². The van der Waals surface area contributed by atoms with Crippen molar-refractivity contribution in [3.63, 3.8) is 0 Å². The molecule has 0 radical (unpaired) electrons. The summed E-state index contributed by atoms with van der Waals surface area (Å²) in [6.45, 7) is 5.69. The average Bonchev–Trinajstić information content (AvgIpc) is 3.55. The van der Waals surface area contributed by atoms with Gasteiger partial charge in [-0.05, 0) is 63.9 Å². The van der Waals surface area contributed by atoms with Crippen molar-refractivity contribution in [3.05, 3.63) is 40.4 Å². The summed E-state index contributed by atoms with van der Waals surface area (Å²) in [6, 6.07) is 8.83. The third-order valence-electron chi connectivity index (χ3n) is 7.42. The minimum atomic E-state index is -0.0954. The van der Waals surface area contributed by atoms with Gasteiger partial charge in [-0.2, -0.15) is 0 Å². The number of fused-ring (bicyclic) bond motifs is 1. The van der Waals surface area contributed by atoms with Crippen molar-refractivity contribution in [1.29, 1.82) is 0 Å². The van der Waals surface area contributed by atoms with Crippen LogP contribution in [0.3, 0.4) is 0 Å². The van der Waals surface area contributed by atoms with Crippen LogP contribution >= 0.6 is 11.3 Å². The van der Waals surface area contributed by atoms with Crippen molar-refractivity contribution in [2.24, 2.45) is 0 Å². The number of aromatic nitrogens is 3. The van der Waals surface area contributed by atoms with Crippen LogP contribution in [0.25, 0.3) is 20.8 Å². The quantitative estimate of drug-likeness (QED) is 0.516. The number of ether oxygens (including phenoxy) is 1. The summed E-state index contributed by atoms with van der Waals surface area (Å²) in [7, 11) is 0. The molecule has 3 N–H and O–H groups in total. The molecule has 9 heteroatoms. The SMILES string of the molecule is O=c1[nH]c(C2CCN(C3CCOC3)CC2)nc(N[C@@H]2CCCNC2)c1-c1nc2ccccc2s1. The molecular weight excluding hydrogens is 448 g/mol. The highest BCUT2D eigenvalue weighted by Gasteiger charge is 2.30. The second-order valence-corrected chi connectivity index (χ2v) is 10.7. The summed E-state index contributed by atoms with van der Waals surface area (Å²) in [5.74, 6) is 1.75. The Morgan fingerprint density at radius 3 is 2.76 bits per heavy atom. The number of likely N-dealkylation sites (tertiary alicyclic amines) is 1. The molecule has 1 unspecified atom stereocenters. The molecule has 0 aliphatic carbocycles. The molecule has 6 rings (SSSR count). The molecule has 3 fully saturated rings. The molecule has 180 valence electrons. The minimum absolute atomic E-state index is 0.0954. The van der Waals surface area contributed by atoms with Gasteiger partial charge in [0.1, 0.15) is 22.2 Å². The number of H-pyrrole nitrogens is 1. The van der Waals surface area contributed by atoms with E-state index in [1.165, 1.54) is 0 Å². The van der Waals surface area contributed by atoms with Crippen LogP contribution in [0.1, 0.15) is 43.8 Å².